The SMILES string of the molecule is CC(C)(C)CS(=O)(=O)N1CCOC(CC(=O)O)C1. The van der Waals surface area contributed by atoms with Gasteiger partial charge in [0.2, 0.25) is 10.0 Å². The minimum Gasteiger partial charge on any atom is -0.481 e. The van der Waals surface area contributed by atoms with Gasteiger partial charge in [-0.2, -0.15) is 4.31 Å². The number of carbonyl (C=O) groups is 1. The zero-order valence-electron chi connectivity index (χ0n) is 11.0. The fourth-order valence-electron chi connectivity index (χ4n) is 1.90. The molecule has 1 atom stereocenters. The van der Waals surface area contributed by atoms with Gasteiger partial charge in [-0.25, -0.2) is 8.42 Å². The van der Waals surface area contributed by atoms with Crippen molar-refractivity contribution in [2.45, 2.75) is 33.3 Å². The first-order chi connectivity index (χ1) is 8.10. The zero-order valence-corrected chi connectivity index (χ0v) is 11.9. The van der Waals surface area contributed by atoms with E-state index in [2.05, 4.69) is 0 Å². The van der Waals surface area contributed by atoms with Gasteiger partial charge < -0.3 is 9.84 Å². The summed E-state index contributed by atoms with van der Waals surface area (Å²) in [4.78, 5) is 10.6. The minimum atomic E-state index is -3.35. The van der Waals surface area contributed by atoms with Gasteiger partial charge in [0.1, 0.15) is 0 Å². The van der Waals surface area contributed by atoms with Crippen molar-refractivity contribution in [1.29, 1.82) is 0 Å². The highest BCUT2D eigenvalue weighted by Gasteiger charge is 2.33. The maximum absolute atomic E-state index is 12.2. The number of carboxylic acids is 1. The molecule has 1 aliphatic rings. The molecule has 18 heavy (non-hydrogen) atoms. The van der Waals surface area contributed by atoms with E-state index in [-0.39, 0.29) is 30.7 Å². The molecule has 0 bridgehead atoms. The van der Waals surface area contributed by atoms with Crippen molar-refractivity contribution >= 4 is 16.0 Å². The number of hydrogen-bond acceptors (Lipinski definition) is 4. The third-order valence-corrected chi connectivity index (χ3v) is 4.86. The van der Waals surface area contributed by atoms with Gasteiger partial charge in [-0.05, 0) is 5.41 Å². The van der Waals surface area contributed by atoms with Crippen LogP contribution in [0.2, 0.25) is 0 Å². The van der Waals surface area contributed by atoms with Crippen molar-refractivity contribution in [3.05, 3.63) is 0 Å². The normalized spacial score (nSPS) is 22.9. The van der Waals surface area contributed by atoms with E-state index in [4.69, 9.17) is 9.84 Å². The molecule has 0 amide bonds. The number of hydrogen-bond donors (Lipinski definition) is 1. The molecule has 1 fully saturated rings. The van der Waals surface area contributed by atoms with Crippen molar-refractivity contribution < 1.29 is 23.1 Å². The zero-order chi connectivity index (χ0) is 14.0. The first-order valence-corrected chi connectivity index (χ1v) is 7.52. The van der Waals surface area contributed by atoms with Gasteiger partial charge in [0.15, 0.2) is 0 Å². The smallest absolute Gasteiger partial charge is 0.306 e. The molecule has 1 heterocycles. The Morgan fingerprint density at radius 1 is 1.44 bits per heavy atom. The molecule has 1 saturated heterocycles. The first kappa shape index (κ1) is 15.4. The monoisotopic (exact) mass is 279 g/mol. The third kappa shape index (κ3) is 4.91. The van der Waals surface area contributed by atoms with Crippen LogP contribution in [0.15, 0.2) is 0 Å². The Kier molecular flexibility index (Phi) is 4.74. The van der Waals surface area contributed by atoms with Gasteiger partial charge in [0.25, 0.3) is 0 Å². The van der Waals surface area contributed by atoms with Crippen molar-refractivity contribution in [2.75, 3.05) is 25.4 Å². The Bertz CT molecular complexity index is 398. The lowest BCUT2D eigenvalue weighted by molar-refractivity contribution is -0.141. The van der Waals surface area contributed by atoms with Gasteiger partial charge in [0.05, 0.1) is 24.9 Å². The summed E-state index contributed by atoms with van der Waals surface area (Å²) in [7, 11) is -3.35. The second kappa shape index (κ2) is 5.54. The Labute approximate surface area is 108 Å². The van der Waals surface area contributed by atoms with Crippen LogP contribution in [0.4, 0.5) is 0 Å². The molecule has 0 spiro atoms. The molecular weight excluding hydrogens is 258 g/mol. The molecule has 0 aromatic heterocycles. The van der Waals surface area contributed by atoms with Crippen molar-refractivity contribution in [3.8, 4) is 0 Å². The average Bonchev–Trinajstić information content (AvgIpc) is 2.13. The summed E-state index contributed by atoms with van der Waals surface area (Å²) in [5.41, 5.74) is -0.320. The van der Waals surface area contributed by atoms with Crippen LogP contribution in [0.25, 0.3) is 0 Å². The molecule has 1 rings (SSSR count). The summed E-state index contributed by atoms with van der Waals surface area (Å²) in [6, 6.07) is 0. The van der Waals surface area contributed by atoms with E-state index in [0.717, 1.165) is 0 Å². The quantitative estimate of drug-likeness (QED) is 0.812. The molecule has 1 unspecified atom stereocenters. The van der Waals surface area contributed by atoms with E-state index in [1.165, 1.54) is 4.31 Å². The Morgan fingerprint density at radius 3 is 2.56 bits per heavy atom. The number of ether oxygens (including phenoxy) is 1. The van der Waals surface area contributed by atoms with Crippen molar-refractivity contribution in [1.82, 2.24) is 4.31 Å². The van der Waals surface area contributed by atoms with Crippen molar-refractivity contribution in [2.24, 2.45) is 5.41 Å². The number of nitrogens with zero attached hydrogens (tertiary/aromatic N) is 1. The van der Waals surface area contributed by atoms with Gasteiger partial charge in [-0.15, -0.1) is 0 Å². The van der Waals surface area contributed by atoms with Crippen molar-refractivity contribution in [3.63, 3.8) is 0 Å². The van der Waals surface area contributed by atoms with Crippen LogP contribution >= 0.6 is 0 Å². The molecule has 0 radical (unpaired) electrons. The van der Waals surface area contributed by atoms with E-state index < -0.39 is 22.1 Å². The molecule has 1 aliphatic heterocycles. The van der Waals surface area contributed by atoms with E-state index in [9.17, 15) is 13.2 Å². The van der Waals surface area contributed by atoms with Gasteiger partial charge in [-0.1, -0.05) is 20.8 Å². The Hall–Kier alpha value is -0.660. The maximum Gasteiger partial charge on any atom is 0.306 e. The molecule has 1 N–H and O–H groups in total. The van der Waals surface area contributed by atoms with Gasteiger partial charge in [-0.3, -0.25) is 4.79 Å². The lowest BCUT2D eigenvalue weighted by Gasteiger charge is -2.33. The highest BCUT2D eigenvalue weighted by atomic mass is 32.2. The number of morpholine rings is 1. The average molecular weight is 279 g/mol. The van der Waals surface area contributed by atoms with E-state index in [1.54, 1.807) is 0 Å². The molecule has 0 aromatic carbocycles. The third-order valence-electron chi connectivity index (χ3n) is 2.51. The topological polar surface area (TPSA) is 83.9 Å². The van der Waals surface area contributed by atoms with Crippen LogP contribution in [0.1, 0.15) is 27.2 Å². The molecule has 0 aromatic rings. The van der Waals surface area contributed by atoms with E-state index >= 15 is 0 Å². The predicted octanol–water partition coefficient (Wildman–Crippen LogP) is 0.538. The standard InChI is InChI=1S/C11H21NO5S/c1-11(2,3)8-18(15,16)12-4-5-17-9(7-12)6-10(13)14/h9H,4-8H2,1-3H3,(H,13,14). The maximum atomic E-state index is 12.2. The largest absolute Gasteiger partial charge is 0.481 e. The van der Waals surface area contributed by atoms with Crippen LogP contribution in [-0.2, 0) is 19.6 Å². The van der Waals surface area contributed by atoms with Crippen LogP contribution in [0, 0.1) is 5.41 Å². The second-order valence-corrected chi connectivity index (χ2v) is 7.73. The second-order valence-electron chi connectivity index (χ2n) is 5.77. The molecule has 7 heteroatoms. The highest BCUT2D eigenvalue weighted by molar-refractivity contribution is 7.89. The van der Waals surface area contributed by atoms with E-state index in [0.29, 0.717) is 6.54 Å². The first-order valence-electron chi connectivity index (χ1n) is 5.91. The highest BCUT2D eigenvalue weighted by Crippen LogP contribution is 2.21. The summed E-state index contributed by atoms with van der Waals surface area (Å²) >= 11 is 0. The summed E-state index contributed by atoms with van der Waals surface area (Å²) in [5.74, 6) is -0.921. The summed E-state index contributed by atoms with van der Waals surface area (Å²) in [6.07, 6.45) is -0.715. The predicted molar refractivity (Wildman–Crippen MR) is 66.8 cm³/mol. The minimum absolute atomic E-state index is 0.0553. The lowest BCUT2D eigenvalue weighted by atomic mass is 10.0. The van der Waals surface area contributed by atoms with Gasteiger partial charge >= 0.3 is 5.97 Å². The van der Waals surface area contributed by atoms with Gasteiger partial charge in [0, 0.05) is 13.1 Å². The number of rotatable bonds is 4. The van der Waals surface area contributed by atoms with Crippen LogP contribution < -0.4 is 0 Å². The fraction of sp³-hybridized carbons (Fsp3) is 0.909. The summed E-state index contributed by atoms with van der Waals surface area (Å²) in [5, 5.41) is 8.69. The van der Waals surface area contributed by atoms with Crippen LogP contribution in [0.5, 0.6) is 0 Å². The molecular formula is C11H21NO5S. The molecule has 0 saturated carbocycles. The summed E-state index contributed by atoms with van der Waals surface area (Å²) in [6.45, 7) is 6.26. The fourth-order valence-corrected chi connectivity index (χ4v) is 3.92. The number of aliphatic carboxylic acids is 1. The molecule has 0 aliphatic carbocycles. The number of sulfonamides is 1. The van der Waals surface area contributed by atoms with E-state index in [1.807, 2.05) is 20.8 Å². The Morgan fingerprint density at radius 2 is 2.06 bits per heavy atom. The number of carboxylic acid groups (broad SMARTS) is 1. The van der Waals surface area contributed by atoms with Crippen LogP contribution in [0.3, 0.4) is 0 Å². The molecule has 6 nitrogen and oxygen atoms in total. The lowest BCUT2D eigenvalue weighted by Crippen LogP contribution is -2.48. The summed E-state index contributed by atoms with van der Waals surface area (Å²) < 4.78 is 30.9. The van der Waals surface area contributed by atoms with Crippen LogP contribution in [-0.4, -0.2) is 55.4 Å². The Balaban J connectivity index is 2.68. The molecule has 106 valence electrons.